The molecule has 1 aromatic rings. The first-order chi connectivity index (χ1) is 7.56. The second kappa shape index (κ2) is 5.51. The van der Waals surface area contributed by atoms with Crippen LogP contribution in [-0.2, 0) is 14.3 Å². The van der Waals surface area contributed by atoms with Crippen molar-refractivity contribution in [3.8, 4) is 5.75 Å². The Morgan fingerprint density at radius 3 is 2.44 bits per heavy atom. The monoisotopic (exact) mass is 242 g/mol. The fourth-order valence-corrected chi connectivity index (χ4v) is 1.17. The highest BCUT2D eigenvalue weighted by molar-refractivity contribution is 6.32. The highest BCUT2D eigenvalue weighted by Crippen LogP contribution is 2.24. The maximum atomic E-state index is 11.5. The van der Waals surface area contributed by atoms with Crippen LogP contribution in [0.3, 0.4) is 0 Å². The highest BCUT2D eigenvalue weighted by atomic mass is 35.5. The molecule has 0 bridgehead atoms. The Kier molecular flexibility index (Phi) is 4.31. The maximum Gasteiger partial charge on any atom is 0.325 e. The van der Waals surface area contributed by atoms with Crippen LogP contribution >= 0.6 is 11.6 Å². The quantitative estimate of drug-likeness (QED) is 0.463. The van der Waals surface area contributed by atoms with Crippen LogP contribution in [0.5, 0.6) is 5.75 Å². The number of halogens is 1. The van der Waals surface area contributed by atoms with Gasteiger partial charge >= 0.3 is 11.9 Å². The number of carbonyl (C=O) groups excluding carboxylic acids is 2. The molecule has 0 fully saturated rings. The van der Waals surface area contributed by atoms with Crippen molar-refractivity contribution in [3.05, 3.63) is 29.3 Å². The van der Waals surface area contributed by atoms with Gasteiger partial charge in [0.1, 0.15) is 5.75 Å². The van der Waals surface area contributed by atoms with Gasteiger partial charge in [0.25, 0.3) is 0 Å². The minimum absolute atomic E-state index is 0.227. The van der Waals surface area contributed by atoms with Gasteiger partial charge in [-0.15, -0.1) is 0 Å². The molecule has 0 saturated heterocycles. The third kappa shape index (κ3) is 2.97. The van der Waals surface area contributed by atoms with Gasteiger partial charge in [0.15, 0.2) is 5.92 Å². The van der Waals surface area contributed by atoms with Gasteiger partial charge < -0.3 is 9.47 Å². The van der Waals surface area contributed by atoms with Crippen molar-refractivity contribution in [2.24, 2.45) is 5.92 Å². The Morgan fingerprint density at radius 1 is 1.25 bits per heavy atom. The van der Waals surface area contributed by atoms with Crippen molar-refractivity contribution >= 4 is 23.5 Å². The second-order valence-corrected chi connectivity index (χ2v) is 3.50. The van der Waals surface area contributed by atoms with E-state index in [2.05, 4.69) is 4.74 Å². The molecule has 5 heteroatoms. The smallest absolute Gasteiger partial charge is 0.325 e. The Hall–Kier alpha value is -1.55. The number of ether oxygens (including phenoxy) is 2. The first kappa shape index (κ1) is 12.5. The first-order valence-electron chi connectivity index (χ1n) is 4.60. The SMILES string of the molecule is COC(=O)C(C)C(=O)Oc1ccccc1Cl. The molecular weight excluding hydrogens is 232 g/mol. The van der Waals surface area contributed by atoms with Crippen molar-refractivity contribution in [2.75, 3.05) is 7.11 Å². The summed E-state index contributed by atoms with van der Waals surface area (Å²) in [5.41, 5.74) is 0. The van der Waals surface area contributed by atoms with Crippen LogP contribution in [0.25, 0.3) is 0 Å². The zero-order valence-corrected chi connectivity index (χ0v) is 9.65. The Morgan fingerprint density at radius 2 is 1.88 bits per heavy atom. The normalized spacial score (nSPS) is 11.7. The van der Waals surface area contributed by atoms with E-state index in [4.69, 9.17) is 16.3 Å². The van der Waals surface area contributed by atoms with Crippen LogP contribution in [0.4, 0.5) is 0 Å². The maximum absolute atomic E-state index is 11.5. The van der Waals surface area contributed by atoms with Crippen LogP contribution in [0.2, 0.25) is 5.02 Å². The van der Waals surface area contributed by atoms with Crippen LogP contribution in [0, 0.1) is 5.92 Å². The summed E-state index contributed by atoms with van der Waals surface area (Å²) in [5.74, 6) is -2.08. The van der Waals surface area contributed by atoms with E-state index in [0.717, 1.165) is 0 Å². The molecule has 0 aliphatic heterocycles. The van der Waals surface area contributed by atoms with Gasteiger partial charge in [-0.25, -0.2) is 0 Å². The van der Waals surface area contributed by atoms with Gasteiger partial charge in [-0.2, -0.15) is 0 Å². The Bertz CT molecular complexity index is 403. The molecule has 0 aliphatic carbocycles. The predicted molar refractivity (Wildman–Crippen MR) is 58.3 cm³/mol. The van der Waals surface area contributed by atoms with Crippen molar-refractivity contribution in [3.63, 3.8) is 0 Å². The first-order valence-corrected chi connectivity index (χ1v) is 4.98. The number of hydrogen-bond acceptors (Lipinski definition) is 4. The van der Waals surface area contributed by atoms with Crippen LogP contribution in [0.15, 0.2) is 24.3 Å². The van der Waals surface area contributed by atoms with Crippen LogP contribution in [-0.4, -0.2) is 19.0 Å². The molecule has 4 nitrogen and oxygen atoms in total. The molecule has 86 valence electrons. The lowest BCUT2D eigenvalue weighted by Crippen LogP contribution is -2.26. The summed E-state index contributed by atoms with van der Waals surface area (Å²) >= 11 is 5.79. The molecule has 1 atom stereocenters. The molecule has 1 rings (SSSR count). The van der Waals surface area contributed by atoms with E-state index in [0.29, 0.717) is 5.02 Å². The third-order valence-electron chi connectivity index (χ3n) is 1.96. The van der Waals surface area contributed by atoms with Crippen molar-refractivity contribution < 1.29 is 19.1 Å². The summed E-state index contributed by atoms with van der Waals surface area (Å²) in [7, 11) is 1.21. The van der Waals surface area contributed by atoms with Gasteiger partial charge in [0.05, 0.1) is 12.1 Å². The van der Waals surface area contributed by atoms with Gasteiger partial charge in [0.2, 0.25) is 0 Å². The largest absolute Gasteiger partial charge is 0.468 e. The van der Waals surface area contributed by atoms with E-state index < -0.39 is 17.9 Å². The van der Waals surface area contributed by atoms with E-state index in [9.17, 15) is 9.59 Å². The molecule has 0 aliphatic rings. The zero-order valence-electron chi connectivity index (χ0n) is 8.90. The van der Waals surface area contributed by atoms with Crippen molar-refractivity contribution in [1.82, 2.24) is 0 Å². The minimum atomic E-state index is -0.971. The number of methoxy groups -OCH3 is 1. The molecule has 16 heavy (non-hydrogen) atoms. The van der Waals surface area contributed by atoms with E-state index in [1.165, 1.54) is 14.0 Å². The highest BCUT2D eigenvalue weighted by Gasteiger charge is 2.24. The Labute approximate surface area is 98.1 Å². The lowest BCUT2D eigenvalue weighted by atomic mass is 10.2. The van der Waals surface area contributed by atoms with Gasteiger partial charge in [0, 0.05) is 0 Å². The molecule has 0 amide bonds. The molecule has 0 spiro atoms. The van der Waals surface area contributed by atoms with Crippen LogP contribution in [0.1, 0.15) is 6.92 Å². The summed E-state index contributed by atoms with van der Waals surface area (Å²) < 4.78 is 9.39. The molecule has 0 aromatic heterocycles. The molecule has 1 unspecified atom stereocenters. The summed E-state index contributed by atoms with van der Waals surface area (Å²) in [4.78, 5) is 22.6. The van der Waals surface area contributed by atoms with E-state index in [-0.39, 0.29) is 5.75 Å². The van der Waals surface area contributed by atoms with E-state index in [1.807, 2.05) is 0 Å². The molecule has 0 N–H and O–H groups in total. The van der Waals surface area contributed by atoms with Crippen molar-refractivity contribution in [1.29, 1.82) is 0 Å². The predicted octanol–water partition coefficient (Wildman–Crippen LogP) is 2.05. The molecule has 0 heterocycles. The zero-order chi connectivity index (χ0) is 12.1. The van der Waals surface area contributed by atoms with Gasteiger partial charge in [-0.1, -0.05) is 23.7 Å². The van der Waals surface area contributed by atoms with E-state index in [1.54, 1.807) is 24.3 Å². The number of carbonyl (C=O) groups is 2. The summed E-state index contributed by atoms with van der Waals surface area (Å²) in [6.45, 7) is 1.41. The minimum Gasteiger partial charge on any atom is -0.468 e. The summed E-state index contributed by atoms with van der Waals surface area (Å²) in [6.07, 6.45) is 0. The third-order valence-corrected chi connectivity index (χ3v) is 2.27. The Balaban J connectivity index is 2.72. The average molecular weight is 243 g/mol. The van der Waals surface area contributed by atoms with Gasteiger partial charge in [-0.3, -0.25) is 9.59 Å². The van der Waals surface area contributed by atoms with E-state index >= 15 is 0 Å². The van der Waals surface area contributed by atoms with Gasteiger partial charge in [-0.05, 0) is 19.1 Å². The number of rotatable bonds is 3. The second-order valence-electron chi connectivity index (χ2n) is 3.10. The summed E-state index contributed by atoms with van der Waals surface area (Å²) in [6, 6.07) is 6.53. The molecular formula is C11H11ClO4. The number of esters is 2. The lowest BCUT2D eigenvalue weighted by Gasteiger charge is -2.09. The van der Waals surface area contributed by atoms with Crippen molar-refractivity contribution in [2.45, 2.75) is 6.92 Å². The topological polar surface area (TPSA) is 52.6 Å². The average Bonchev–Trinajstić information content (AvgIpc) is 2.30. The lowest BCUT2D eigenvalue weighted by molar-refractivity contribution is -0.154. The number of para-hydroxylation sites is 1. The van der Waals surface area contributed by atoms with Crippen LogP contribution < -0.4 is 4.74 Å². The fourth-order valence-electron chi connectivity index (χ4n) is 0.997. The summed E-state index contributed by atoms with van der Waals surface area (Å²) in [5, 5.41) is 0.313. The molecule has 1 aromatic carbocycles. The molecule has 0 radical (unpaired) electrons. The molecule has 0 saturated carbocycles. The standard InChI is InChI=1S/C11H11ClO4/c1-7(10(13)15-2)11(14)16-9-6-4-3-5-8(9)12/h3-7H,1-2H3. The number of benzene rings is 1. The fraction of sp³-hybridized carbons (Fsp3) is 0.273. The number of hydrogen-bond donors (Lipinski definition) is 0.